The summed E-state index contributed by atoms with van der Waals surface area (Å²) in [4.78, 5) is 19.0. The summed E-state index contributed by atoms with van der Waals surface area (Å²) >= 11 is 0. The average Bonchev–Trinajstić information content (AvgIpc) is 2.27. The minimum atomic E-state index is -1.20. The van der Waals surface area contributed by atoms with E-state index in [9.17, 15) is 9.90 Å². The number of rotatable bonds is 5. The highest BCUT2D eigenvalue weighted by atomic mass is 16.5. The molecule has 0 aliphatic heterocycles. The molecule has 1 aromatic rings. The highest BCUT2D eigenvalue weighted by Crippen LogP contribution is 1.99. The fourth-order valence-electron chi connectivity index (χ4n) is 0.932. The molecule has 88 valence electrons. The maximum Gasteiger partial charge on any atom is 0.256 e. The lowest BCUT2D eigenvalue weighted by molar-refractivity contribution is -0.127. The Balaban J connectivity index is 2.40. The van der Waals surface area contributed by atoms with E-state index in [1.54, 1.807) is 0 Å². The lowest BCUT2D eigenvalue weighted by Gasteiger charge is -2.12. The van der Waals surface area contributed by atoms with Crippen molar-refractivity contribution in [1.29, 1.82) is 0 Å². The van der Waals surface area contributed by atoms with Gasteiger partial charge in [-0.2, -0.15) is 0 Å². The summed E-state index contributed by atoms with van der Waals surface area (Å²) in [6.07, 6.45) is 3.11. The predicted octanol–water partition coefficient (Wildman–Crippen LogP) is 0.201. The van der Waals surface area contributed by atoms with Crippen molar-refractivity contribution in [1.82, 2.24) is 9.97 Å². The van der Waals surface area contributed by atoms with Crippen molar-refractivity contribution < 1.29 is 14.6 Å². The van der Waals surface area contributed by atoms with Crippen LogP contribution in [0.4, 0.5) is 5.82 Å². The van der Waals surface area contributed by atoms with Crippen molar-refractivity contribution in [3.8, 4) is 0 Å². The van der Waals surface area contributed by atoms with E-state index in [0.29, 0.717) is 5.82 Å². The first kappa shape index (κ1) is 12.5. The number of amides is 1. The van der Waals surface area contributed by atoms with Gasteiger partial charge in [0.25, 0.3) is 5.91 Å². The van der Waals surface area contributed by atoms with Gasteiger partial charge in [-0.25, -0.2) is 4.98 Å². The first-order valence-corrected chi connectivity index (χ1v) is 4.96. The van der Waals surface area contributed by atoms with E-state index in [2.05, 4.69) is 15.3 Å². The second-order valence-corrected chi connectivity index (χ2v) is 3.48. The quantitative estimate of drug-likeness (QED) is 0.747. The molecule has 0 aromatic carbocycles. The smallest absolute Gasteiger partial charge is 0.256 e. The van der Waals surface area contributed by atoms with E-state index in [4.69, 9.17) is 4.74 Å². The van der Waals surface area contributed by atoms with Crippen LogP contribution in [0, 0.1) is 0 Å². The number of carbonyl (C=O) groups excluding carboxylic acids is 1. The van der Waals surface area contributed by atoms with E-state index >= 15 is 0 Å². The summed E-state index contributed by atoms with van der Waals surface area (Å²) in [6.45, 7) is 3.62. The van der Waals surface area contributed by atoms with Gasteiger partial charge < -0.3 is 15.2 Å². The number of nitrogens with one attached hydrogen (secondary N) is 1. The fraction of sp³-hybridized carbons (Fsp3) is 0.500. The summed E-state index contributed by atoms with van der Waals surface area (Å²) in [5.41, 5.74) is 0. The average molecular weight is 225 g/mol. The Labute approximate surface area is 93.7 Å². The molecule has 6 nitrogen and oxygen atoms in total. The van der Waals surface area contributed by atoms with Gasteiger partial charge >= 0.3 is 0 Å². The number of hydrogen-bond acceptors (Lipinski definition) is 5. The Morgan fingerprint density at radius 1 is 1.56 bits per heavy atom. The fourth-order valence-corrected chi connectivity index (χ4v) is 0.932. The van der Waals surface area contributed by atoms with Crippen molar-refractivity contribution in [3.63, 3.8) is 0 Å². The Morgan fingerprint density at radius 3 is 2.88 bits per heavy atom. The Hall–Kier alpha value is -1.53. The van der Waals surface area contributed by atoms with E-state index in [1.165, 1.54) is 18.6 Å². The molecule has 0 aliphatic carbocycles. The van der Waals surface area contributed by atoms with Gasteiger partial charge in [-0.3, -0.25) is 9.78 Å². The van der Waals surface area contributed by atoms with Crippen LogP contribution in [0.1, 0.15) is 13.8 Å². The number of carbonyl (C=O) groups is 1. The number of ether oxygens (including phenoxy) is 1. The Kier molecular flexibility index (Phi) is 4.81. The van der Waals surface area contributed by atoms with Crippen molar-refractivity contribution in [2.45, 2.75) is 26.1 Å². The normalized spacial score (nSPS) is 12.5. The van der Waals surface area contributed by atoms with Gasteiger partial charge in [0, 0.05) is 12.4 Å². The number of aromatic nitrogens is 2. The van der Waals surface area contributed by atoms with E-state index in [-0.39, 0.29) is 12.7 Å². The zero-order chi connectivity index (χ0) is 12.0. The molecule has 1 rings (SSSR count). The zero-order valence-electron chi connectivity index (χ0n) is 9.25. The van der Waals surface area contributed by atoms with Gasteiger partial charge in [-0.15, -0.1) is 0 Å². The topological polar surface area (TPSA) is 84.3 Å². The van der Waals surface area contributed by atoms with Crippen molar-refractivity contribution in [2.75, 3.05) is 11.9 Å². The van der Waals surface area contributed by atoms with Gasteiger partial charge in [0.2, 0.25) is 0 Å². The molecule has 0 saturated carbocycles. The van der Waals surface area contributed by atoms with Gasteiger partial charge in [0.1, 0.15) is 0 Å². The highest BCUT2D eigenvalue weighted by molar-refractivity contribution is 5.93. The standard InChI is InChI=1S/C10H15N3O3/c1-7(2)16-6-8(14)10(15)13-9-5-11-3-4-12-9/h3-5,7-8,14H,6H2,1-2H3,(H,12,13,15). The SMILES string of the molecule is CC(C)OCC(O)C(=O)Nc1cnccn1. The Bertz CT molecular complexity index is 329. The van der Waals surface area contributed by atoms with Crippen LogP contribution >= 0.6 is 0 Å². The van der Waals surface area contributed by atoms with Crippen LogP contribution in [0.5, 0.6) is 0 Å². The summed E-state index contributed by atoms with van der Waals surface area (Å²) in [5, 5.41) is 11.9. The van der Waals surface area contributed by atoms with Gasteiger partial charge in [-0.05, 0) is 13.8 Å². The molecule has 2 N–H and O–H groups in total. The maximum absolute atomic E-state index is 11.4. The van der Waals surface area contributed by atoms with Crippen LogP contribution < -0.4 is 5.32 Å². The maximum atomic E-state index is 11.4. The first-order chi connectivity index (χ1) is 7.59. The predicted molar refractivity (Wildman–Crippen MR) is 57.8 cm³/mol. The molecule has 0 fully saturated rings. The van der Waals surface area contributed by atoms with Crippen LogP contribution in [-0.2, 0) is 9.53 Å². The number of anilines is 1. The number of hydrogen-bond donors (Lipinski definition) is 2. The van der Waals surface area contributed by atoms with Gasteiger partial charge in [0.05, 0.1) is 18.9 Å². The highest BCUT2D eigenvalue weighted by Gasteiger charge is 2.16. The van der Waals surface area contributed by atoms with Crippen LogP contribution in [0.3, 0.4) is 0 Å². The molecule has 1 atom stereocenters. The molecular formula is C10H15N3O3. The third kappa shape index (κ3) is 4.33. The second kappa shape index (κ2) is 6.14. The van der Waals surface area contributed by atoms with Crippen LogP contribution in [0.2, 0.25) is 0 Å². The molecule has 1 amide bonds. The number of nitrogens with zero attached hydrogens (tertiary/aromatic N) is 2. The van der Waals surface area contributed by atoms with Crippen molar-refractivity contribution in [2.24, 2.45) is 0 Å². The molecule has 1 aromatic heterocycles. The molecule has 0 bridgehead atoms. The van der Waals surface area contributed by atoms with E-state index in [1.807, 2.05) is 13.8 Å². The first-order valence-electron chi connectivity index (χ1n) is 4.96. The molecule has 0 saturated heterocycles. The van der Waals surface area contributed by atoms with Crippen LogP contribution in [0.25, 0.3) is 0 Å². The minimum Gasteiger partial charge on any atom is -0.381 e. The zero-order valence-corrected chi connectivity index (χ0v) is 9.25. The molecule has 0 aliphatic rings. The van der Waals surface area contributed by atoms with Crippen molar-refractivity contribution >= 4 is 11.7 Å². The monoisotopic (exact) mass is 225 g/mol. The lowest BCUT2D eigenvalue weighted by Crippen LogP contribution is -2.33. The van der Waals surface area contributed by atoms with Crippen molar-refractivity contribution in [3.05, 3.63) is 18.6 Å². The Morgan fingerprint density at radius 2 is 2.31 bits per heavy atom. The largest absolute Gasteiger partial charge is 0.381 e. The second-order valence-electron chi connectivity index (χ2n) is 3.48. The molecule has 16 heavy (non-hydrogen) atoms. The van der Waals surface area contributed by atoms with Crippen LogP contribution in [0.15, 0.2) is 18.6 Å². The third-order valence-electron chi connectivity index (χ3n) is 1.70. The summed E-state index contributed by atoms with van der Waals surface area (Å²) in [7, 11) is 0. The molecule has 0 spiro atoms. The minimum absolute atomic E-state index is 0.0287. The number of aliphatic hydroxyl groups is 1. The third-order valence-corrected chi connectivity index (χ3v) is 1.70. The van der Waals surface area contributed by atoms with E-state index in [0.717, 1.165) is 0 Å². The molecule has 1 heterocycles. The molecule has 6 heteroatoms. The van der Waals surface area contributed by atoms with E-state index < -0.39 is 12.0 Å². The van der Waals surface area contributed by atoms with Gasteiger partial charge in [-0.1, -0.05) is 0 Å². The number of aliphatic hydroxyl groups excluding tert-OH is 1. The molecule has 0 radical (unpaired) electrons. The summed E-state index contributed by atoms with van der Waals surface area (Å²) < 4.78 is 5.12. The molecule has 1 unspecified atom stereocenters. The van der Waals surface area contributed by atoms with Crippen LogP contribution in [-0.4, -0.2) is 39.8 Å². The van der Waals surface area contributed by atoms with Gasteiger partial charge in [0.15, 0.2) is 11.9 Å². The molecular weight excluding hydrogens is 210 g/mol. The summed E-state index contributed by atoms with van der Waals surface area (Å²) in [5.74, 6) is -0.253. The summed E-state index contributed by atoms with van der Waals surface area (Å²) in [6, 6.07) is 0. The lowest BCUT2D eigenvalue weighted by atomic mass is 10.3.